The number of amides is 1. The van der Waals surface area contributed by atoms with E-state index in [4.69, 9.17) is 9.47 Å². The molecule has 2 N–H and O–H groups in total. The van der Waals surface area contributed by atoms with Crippen LogP contribution in [0.2, 0.25) is 0 Å². The summed E-state index contributed by atoms with van der Waals surface area (Å²) in [5.74, 6) is -1.72. The third kappa shape index (κ3) is 5.40. The van der Waals surface area contributed by atoms with Gasteiger partial charge >= 0.3 is 0 Å². The molecular weight excluding hydrogens is 318 g/mol. The fourth-order valence-electron chi connectivity index (χ4n) is 1.92. The molecule has 0 aliphatic carbocycles. The third-order valence-corrected chi connectivity index (χ3v) is 2.99. The first-order valence-electron chi connectivity index (χ1n) is 6.77. The predicted molar refractivity (Wildman–Crippen MR) is 79.3 cm³/mol. The number of nitrogens with one attached hydrogen (secondary N) is 2. The van der Waals surface area contributed by atoms with Crippen molar-refractivity contribution in [2.45, 2.75) is 19.1 Å². The molecule has 1 aliphatic rings. The molecule has 0 spiro atoms. The van der Waals surface area contributed by atoms with E-state index in [-0.39, 0.29) is 36.7 Å². The van der Waals surface area contributed by atoms with Crippen LogP contribution in [0, 0.1) is 11.6 Å². The zero-order valence-corrected chi connectivity index (χ0v) is 12.9. The van der Waals surface area contributed by atoms with Crippen LogP contribution >= 0.6 is 12.4 Å². The normalized spacial score (nSPS) is 19.0. The van der Waals surface area contributed by atoms with Crippen molar-refractivity contribution in [3.8, 4) is 5.75 Å². The van der Waals surface area contributed by atoms with Gasteiger partial charge in [0.2, 0.25) is 0 Å². The Labute approximate surface area is 133 Å². The Morgan fingerprint density at radius 3 is 2.95 bits per heavy atom. The highest BCUT2D eigenvalue weighted by atomic mass is 35.5. The van der Waals surface area contributed by atoms with Crippen molar-refractivity contribution in [1.29, 1.82) is 0 Å². The standard InChI is InChI=1S/C14H18F2N2O3.ClH/c1-9(18-14(19)13-7-17-4-5-20-13)8-21-12-3-2-10(15)6-11(12)16;/h2-3,6,9,13,17H,4-5,7-8H2,1H3,(H,18,19);1H. The molecule has 1 heterocycles. The molecule has 1 aromatic rings. The van der Waals surface area contributed by atoms with Gasteiger partial charge in [-0.25, -0.2) is 8.78 Å². The largest absolute Gasteiger partial charge is 0.488 e. The highest BCUT2D eigenvalue weighted by Gasteiger charge is 2.23. The van der Waals surface area contributed by atoms with Crippen LogP contribution in [0.1, 0.15) is 6.92 Å². The minimum Gasteiger partial charge on any atom is -0.488 e. The van der Waals surface area contributed by atoms with Gasteiger partial charge in [0.25, 0.3) is 5.91 Å². The van der Waals surface area contributed by atoms with E-state index in [1.807, 2.05) is 0 Å². The maximum Gasteiger partial charge on any atom is 0.250 e. The van der Waals surface area contributed by atoms with Crippen LogP contribution in [0.4, 0.5) is 8.78 Å². The van der Waals surface area contributed by atoms with Crippen LogP contribution < -0.4 is 15.4 Å². The smallest absolute Gasteiger partial charge is 0.250 e. The number of carbonyl (C=O) groups is 1. The number of halogens is 3. The number of rotatable bonds is 5. The molecule has 1 fully saturated rings. The summed E-state index contributed by atoms with van der Waals surface area (Å²) < 4.78 is 36.7. The van der Waals surface area contributed by atoms with Gasteiger partial charge in [-0.1, -0.05) is 0 Å². The van der Waals surface area contributed by atoms with Crippen LogP contribution in [-0.4, -0.2) is 44.4 Å². The molecule has 1 amide bonds. The molecule has 2 unspecified atom stereocenters. The zero-order chi connectivity index (χ0) is 15.2. The van der Waals surface area contributed by atoms with Crippen molar-refractivity contribution in [2.75, 3.05) is 26.3 Å². The van der Waals surface area contributed by atoms with Gasteiger partial charge in [-0.3, -0.25) is 4.79 Å². The molecule has 22 heavy (non-hydrogen) atoms. The fraction of sp³-hybridized carbons (Fsp3) is 0.500. The summed E-state index contributed by atoms with van der Waals surface area (Å²) >= 11 is 0. The van der Waals surface area contributed by atoms with Crippen LogP contribution in [-0.2, 0) is 9.53 Å². The van der Waals surface area contributed by atoms with E-state index in [9.17, 15) is 13.6 Å². The first-order chi connectivity index (χ1) is 10.1. The van der Waals surface area contributed by atoms with Crippen LogP contribution in [0.15, 0.2) is 18.2 Å². The van der Waals surface area contributed by atoms with E-state index in [1.54, 1.807) is 6.92 Å². The van der Waals surface area contributed by atoms with Crippen molar-refractivity contribution in [3.63, 3.8) is 0 Å². The van der Waals surface area contributed by atoms with Crippen molar-refractivity contribution < 1.29 is 23.0 Å². The lowest BCUT2D eigenvalue weighted by Gasteiger charge is -2.24. The van der Waals surface area contributed by atoms with Gasteiger partial charge < -0.3 is 20.1 Å². The summed E-state index contributed by atoms with van der Waals surface area (Å²) in [6, 6.07) is 2.75. The highest BCUT2D eigenvalue weighted by molar-refractivity contribution is 5.85. The maximum atomic E-state index is 13.4. The molecule has 0 saturated carbocycles. The summed E-state index contributed by atoms with van der Waals surface area (Å²) in [5.41, 5.74) is 0. The number of carbonyl (C=O) groups excluding carboxylic acids is 1. The van der Waals surface area contributed by atoms with Crippen molar-refractivity contribution in [3.05, 3.63) is 29.8 Å². The van der Waals surface area contributed by atoms with Crippen LogP contribution in [0.3, 0.4) is 0 Å². The molecule has 0 radical (unpaired) electrons. The molecule has 2 rings (SSSR count). The molecular formula is C14H19ClF2N2O3. The SMILES string of the molecule is CC(COc1ccc(F)cc1F)NC(=O)C1CNCCO1.Cl. The Morgan fingerprint density at radius 2 is 2.32 bits per heavy atom. The van der Waals surface area contributed by atoms with Gasteiger partial charge in [-0.15, -0.1) is 12.4 Å². The Morgan fingerprint density at radius 1 is 1.55 bits per heavy atom. The highest BCUT2D eigenvalue weighted by Crippen LogP contribution is 2.17. The molecule has 124 valence electrons. The summed E-state index contributed by atoms with van der Waals surface area (Å²) in [4.78, 5) is 11.9. The van der Waals surface area contributed by atoms with E-state index in [0.29, 0.717) is 13.2 Å². The molecule has 0 aromatic heterocycles. The maximum absolute atomic E-state index is 13.4. The zero-order valence-electron chi connectivity index (χ0n) is 12.1. The number of benzene rings is 1. The van der Waals surface area contributed by atoms with Crippen LogP contribution in [0.25, 0.3) is 0 Å². The van der Waals surface area contributed by atoms with Gasteiger partial charge in [0, 0.05) is 19.2 Å². The number of morpholine rings is 1. The second-order valence-corrected chi connectivity index (χ2v) is 4.86. The van der Waals surface area contributed by atoms with Crippen molar-refractivity contribution >= 4 is 18.3 Å². The molecule has 1 aliphatic heterocycles. The Kier molecular flexibility index (Phi) is 7.50. The minimum atomic E-state index is -0.770. The lowest BCUT2D eigenvalue weighted by atomic mass is 10.2. The Bertz CT molecular complexity index is 499. The summed E-state index contributed by atoms with van der Waals surface area (Å²) in [6.07, 6.45) is -0.524. The van der Waals surface area contributed by atoms with Gasteiger partial charge in [0.05, 0.1) is 12.6 Å². The molecule has 8 heteroatoms. The summed E-state index contributed by atoms with van der Waals surface area (Å²) in [5, 5.41) is 5.78. The number of ether oxygens (including phenoxy) is 2. The second-order valence-electron chi connectivity index (χ2n) is 4.86. The van der Waals surface area contributed by atoms with Gasteiger partial charge in [-0.05, 0) is 19.1 Å². The molecule has 0 bridgehead atoms. The van der Waals surface area contributed by atoms with E-state index in [0.717, 1.165) is 18.7 Å². The molecule has 1 aromatic carbocycles. The van der Waals surface area contributed by atoms with E-state index >= 15 is 0 Å². The van der Waals surface area contributed by atoms with E-state index in [2.05, 4.69) is 10.6 Å². The lowest BCUT2D eigenvalue weighted by molar-refractivity contribution is -0.135. The second kappa shape index (κ2) is 8.87. The van der Waals surface area contributed by atoms with E-state index in [1.165, 1.54) is 6.07 Å². The minimum absolute atomic E-state index is 0. The number of hydrogen-bond donors (Lipinski definition) is 2. The topological polar surface area (TPSA) is 59.6 Å². The van der Waals surface area contributed by atoms with Crippen LogP contribution in [0.5, 0.6) is 5.75 Å². The monoisotopic (exact) mass is 336 g/mol. The average molecular weight is 337 g/mol. The van der Waals surface area contributed by atoms with Crippen molar-refractivity contribution in [1.82, 2.24) is 10.6 Å². The first-order valence-corrected chi connectivity index (χ1v) is 6.77. The first kappa shape index (κ1) is 18.6. The molecule has 5 nitrogen and oxygen atoms in total. The average Bonchev–Trinajstić information content (AvgIpc) is 2.47. The van der Waals surface area contributed by atoms with E-state index < -0.39 is 17.7 Å². The third-order valence-electron chi connectivity index (χ3n) is 2.99. The quantitative estimate of drug-likeness (QED) is 0.850. The lowest BCUT2D eigenvalue weighted by Crippen LogP contribution is -2.50. The van der Waals surface area contributed by atoms with Gasteiger partial charge in [0.15, 0.2) is 11.6 Å². The summed E-state index contributed by atoms with van der Waals surface area (Å²) in [7, 11) is 0. The van der Waals surface area contributed by atoms with Crippen molar-refractivity contribution in [2.24, 2.45) is 0 Å². The molecule has 1 saturated heterocycles. The molecule has 2 atom stereocenters. The summed E-state index contributed by atoms with van der Waals surface area (Å²) in [6.45, 7) is 3.49. The Balaban J connectivity index is 0.00000242. The van der Waals surface area contributed by atoms with Gasteiger partial charge in [-0.2, -0.15) is 0 Å². The fourth-order valence-corrected chi connectivity index (χ4v) is 1.92. The number of hydrogen-bond acceptors (Lipinski definition) is 4. The van der Waals surface area contributed by atoms with Gasteiger partial charge in [0.1, 0.15) is 18.5 Å². The predicted octanol–water partition coefficient (Wildman–Crippen LogP) is 1.26. The Hall–Kier alpha value is -1.44.